The van der Waals surface area contributed by atoms with E-state index in [0.29, 0.717) is 0 Å². The maximum Gasteiger partial charge on any atom is 0.0480 e. The highest BCUT2D eigenvalue weighted by molar-refractivity contribution is 4.72. The van der Waals surface area contributed by atoms with E-state index >= 15 is 0 Å². The van der Waals surface area contributed by atoms with Crippen molar-refractivity contribution < 1.29 is 4.74 Å². The molecule has 1 heterocycles. The molecule has 1 N–H and O–H groups in total. The van der Waals surface area contributed by atoms with Crippen molar-refractivity contribution in [3.63, 3.8) is 0 Å². The summed E-state index contributed by atoms with van der Waals surface area (Å²) >= 11 is 0. The van der Waals surface area contributed by atoms with Crippen molar-refractivity contribution in [2.24, 2.45) is 5.92 Å². The molecule has 1 unspecified atom stereocenters. The van der Waals surface area contributed by atoms with Gasteiger partial charge in [-0.3, -0.25) is 0 Å². The molecule has 15 heavy (non-hydrogen) atoms. The number of rotatable bonds is 4. The van der Waals surface area contributed by atoms with Crippen LogP contribution >= 0.6 is 0 Å². The van der Waals surface area contributed by atoms with Crippen LogP contribution in [0.5, 0.6) is 0 Å². The third-order valence-corrected chi connectivity index (χ3v) is 3.91. The average molecular weight is 211 g/mol. The van der Waals surface area contributed by atoms with E-state index in [1.54, 1.807) is 0 Å². The molecule has 0 amide bonds. The topological polar surface area (TPSA) is 21.3 Å². The van der Waals surface area contributed by atoms with Crippen molar-refractivity contribution in [3.05, 3.63) is 0 Å². The minimum absolute atomic E-state index is 0.730. The van der Waals surface area contributed by atoms with Crippen LogP contribution in [0.2, 0.25) is 0 Å². The van der Waals surface area contributed by atoms with Crippen LogP contribution in [0.3, 0.4) is 0 Å². The molecule has 88 valence electrons. The third kappa shape index (κ3) is 4.12. The molecule has 0 aromatic carbocycles. The highest BCUT2D eigenvalue weighted by atomic mass is 16.5. The molecule has 0 spiro atoms. The summed E-state index contributed by atoms with van der Waals surface area (Å²) in [5, 5.41) is 3.71. The van der Waals surface area contributed by atoms with Crippen LogP contribution in [0.4, 0.5) is 0 Å². The first-order valence-corrected chi connectivity index (χ1v) is 6.76. The summed E-state index contributed by atoms with van der Waals surface area (Å²) in [4.78, 5) is 0. The van der Waals surface area contributed by atoms with Crippen molar-refractivity contribution in [1.82, 2.24) is 5.32 Å². The minimum Gasteiger partial charge on any atom is -0.381 e. The Morgan fingerprint density at radius 3 is 2.67 bits per heavy atom. The summed E-state index contributed by atoms with van der Waals surface area (Å²) in [6.07, 6.45) is 11.1. The fourth-order valence-corrected chi connectivity index (χ4v) is 2.90. The van der Waals surface area contributed by atoms with Crippen LogP contribution in [0.1, 0.15) is 51.4 Å². The lowest BCUT2D eigenvalue weighted by atomic mass is 10.0. The zero-order valence-electron chi connectivity index (χ0n) is 9.84. The van der Waals surface area contributed by atoms with E-state index in [0.717, 1.165) is 25.2 Å². The van der Waals surface area contributed by atoms with Gasteiger partial charge >= 0.3 is 0 Å². The summed E-state index contributed by atoms with van der Waals surface area (Å²) in [7, 11) is 0. The van der Waals surface area contributed by atoms with E-state index in [4.69, 9.17) is 4.74 Å². The molecule has 2 fully saturated rings. The molecule has 0 aromatic rings. The summed E-state index contributed by atoms with van der Waals surface area (Å²) in [5.41, 5.74) is 0. The first-order chi connectivity index (χ1) is 7.45. The first-order valence-electron chi connectivity index (χ1n) is 6.76. The fraction of sp³-hybridized carbons (Fsp3) is 1.00. The van der Waals surface area contributed by atoms with Crippen molar-refractivity contribution >= 4 is 0 Å². The smallest absolute Gasteiger partial charge is 0.0480 e. The number of ether oxygens (including phenoxy) is 1. The second kappa shape index (κ2) is 6.49. The molecule has 1 aliphatic heterocycles. The molecule has 1 atom stereocenters. The van der Waals surface area contributed by atoms with Gasteiger partial charge in [-0.25, -0.2) is 0 Å². The molecule has 2 aliphatic rings. The molecule has 1 aliphatic carbocycles. The van der Waals surface area contributed by atoms with Gasteiger partial charge in [0.05, 0.1) is 0 Å². The average Bonchev–Trinajstić information content (AvgIpc) is 2.62. The van der Waals surface area contributed by atoms with Gasteiger partial charge in [0.2, 0.25) is 0 Å². The van der Waals surface area contributed by atoms with Crippen LogP contribution in [0, 0.1) is 5.92 Å². The number of nitrogens with one attached hydrogen (secondary N) is 1. The molecule has 0 aromatic heterocycles. The Labute approximate surface area is 93.8 Å². The number of hydrogen-bond donors (Lipinski definition) is 1. The molecule has 1 saturated carbocycles. The van der Waals surface area contributed by atoms with Gasteiger partial charge in [-0.15, -0.1) is 0 Å². The molecule has 0 bridgehead atoms. The van der Waals surface area contributed by atoms with Crippen molar-refractivity contribution in [3.8, 4) is 0 Å². The lowest BCUT2D eigenvalue weighted by molar-refractivity contribution is 0.142. The Bertz CT molecular complexity index is 158. The van der Waals surface area contributed by atoms with Crippen LogP contribution in [-0.4, -0.2) is 25.8 Å². The van der Waals surface area contributed by atoms with E-state index in [2.05, 4.69) is 5.32 Å². The summed E-state index contributed by atoms with van der Waals surface area (Å²) in [6, 6.07) is 0.730. The zero-order valence-corrected chi connectivity index (χ0v) is 9.84. The molecule has 2 nitrogen and oxygen atoms in total. The Hall–Kier alpha value is -0.0800. The van der Waals surface area contributed by atoms with Gasteiger partial charge in [0.15, 0.2) is 0 Å². The molecule has 2 rings (SSSR count). The SMILES string of the molecule is C1CCC(CCNC2CCCOCC2)C1. The fourth-order valence-electron chi connectivity index (χ4n) is 2.90. The minimum atomic E-state index is 0.730. The zero-order chi connectivity index (χ0) is 10.3. The van der Waals surface area contributed by atoms with E-state index in [1.165, 1.54) is 57.9 Å². The van der Waals surface area contributed by atoms with E-state index in [1.807, 2.05) is 0 Å². The summed E-state index contributed by atoms with van der Waals surface area (Å²) in [6.45, 7) is 3.16. The Morgan fingerprint density at radius 2 is 1.80 bits per heavy atom. The van der Waals surface area contributed by atoms with Crippen LogP contribution < -0.4 is 5.32 Å². The van der Waals surface area contributed by atoms with Crippen molar-refractivity contribution in [1.29, 1.82) is 0 Å². The van der Waals surface area contributed by atoms with Gasteiger partial charge in [-0.05, 0) is 38.1 Å². The Balaban J connectivity index is 1.55. The monoisotopic (exact) mass is 211 g/mol. The quantitative estimate of drug-likeness (QED) is 0.772. The van der Waals surface area contributed by atoms with Gasteiger partial charge in [0.25, 0.3) is 0 Å². The highest BCUT2D eigenvalue weighted by Crippen LogP contribution is 2.27. The molecular formula is C13H25NO. The van der Waals surface area contributed by atoms with Crippen molar-refractivity contribution in [2.45, 2.75) is 57.4 Å². The van der Waals surface area contributed by atoms with Gasteiger partial charge < -0.3 is 10.1 Å². The normalized spacial score (nSPS) is 29.2. The van der Waals surface area contributed by atoms with Crippen LogP contribution in [0.25, 0.3) is 0 Å². The van der Waals surface area contributed by atoms with Gasteiger partial charge in [0.1, 0.15) is 0 Å². The second-order valence-corrected chi connectivity index (χ2v) is 5.13. The predicted molar refractivity (Wildman–Crippen MR) is 63.0 cm³/mol. The molecular weight excluding hydrogens is 186 g/mol. The maximum atomic E-state index is 5.46. The van der Waals surface area contributed by atoms with Gasteiger partial charge in [0, 0.05) is 19.3 Å². The van der Waals surface area contributed by atoms with Crippen LogP contribution in [-0.2, 0) is 4.74 Å². The summed E-state index contributed by atoms with van der Waals surface area (Å²) in [5.74, 6) is 1.03. The van der Waals surface area contributed by atoms with E-state index < -0.39 is 0 Å². The summed E-state index contributed by atoms with van der Waals surface area (Å²) < 4.78 is 5.46. The molecule has 0 radical (unpaired) electrons. The number of hydrogen-bond acceptors (Lipinski definition) is 2. The highest BCUT2D eigenvalue weighted by Gasteiger charge is 2.16. The maximum absolute atomic E-state index is 5.46. The van der Waals surface area contributed by atoms with Gasteiger partial charge in [-0.2, -0.15) is 0 Å². The third-order valence-electron chi connectivity index (χ3n) is 3.91. The van der Waals surface area contributed by atoms with Crippen molar-refractivity contribution in [2.75, 3.05) is 19.8 Å². The predicted octanol–water partition coefficient (Wildman–Crippen LogP) is 2.73. The molecule has 1 saturated heterocycles. The Kier molecular flexibility index (Phi) is 4.94. The largest absolute Gasteiger partial charge is 0.381 e. The molecule has 2 heteroatoms. The lowest BCUT2D eigenvalue weighted by Crippen LogP contribution is -2.30. The second-order valence-electron chi connectivity index (χ2n) is 5.13. The Morgan fingerprint density at radius 1 is 0.933 bits per heavy atom. The first kappa shape index (κ1) is 11.4. The van der Waals surface area contributed by atoms with E-state index in [-0.39, 0.29) is 0 Å². The van der Waals surface area contributed by atoms with E-state index in [9.17, 15) is 0 Å². The standard InChI is InChI=1S/C13H25NO/c1-2-5-12(4-1)7-9-14-13-6-3-10-15-11-8-13/h12-14H,1-11H2. The van der Waals surface area contributed by atoms with Crippen LogP contribution in [0.15, 0.2) is 0 Å². The van der Waals surface area contributed by atoms with Gasteiger partial charge in [-0.1, -0.05) is 25.7 Å². The lowest BCUT2D eigenvalue weighted by Gasteiger charge is -2.17.